The third-order valence-corrected chi connectivity index (χ3v) is 13.6. The summed E-state index contributed by atoms with van der Waals surface area (Å²) >= 11 is 0. The fourth-order valence-corrected chi connectivity index (χ4v) is 8.89. The van der Waals surface area contributed by atoms with Crippen molar-refractivity contribution in [1.29, 1.82) is 0 Å². The molecule has 2 saturated heterocycles. The lowest BCUT2D eigenvalue weighted by Crippen LogP contribution is -2.63. The SMILES string of the molecule is C=C[C@H]1CCN2C(=O)[C@@H](NC(=O)NC3(CS(=O)(=O)C(C)(C)C)CCCCC3)[C@H](C)OCCCCCCC[C@@H](C(O)C(=O)NC3CC3)NC(=O)[C@H]12. The number of nitrogens with zero attached hydrogens (tertiary/aromatic N) is 1. The van der Waals surface area contributed by atoms with E-state index in [1.165, 1.54) is 4.90 Å². The first-order chi connectivity index (χ1) is 23.6. The van der Waals surface area contributed by atoms with Crippen LogP contribution in [0.3, 0.4) is 0 Å². The van der Waals surface area contributed by atoms with Crippen molar-refractivity contribution in [3.8, 4) is 0 Å². The first-order valence-electron chi connectivity index (χ1n) is 18.7. The number of amides is 5. The van der Waals surface area contributed by atoms with Gasteiger partial charge in [0.2, 0.25) is 11.8 Å². The van der Waals surface area contributed by atoms with Crippen LogP contribution in [0.15, 0.2) is 12.7 Å². The largest absolute Gasteiger partial charge is 0.381 e. The van der Waals surface area contributed by atoms with Crippen LogP contribution >= 0.6 is 0 Å². The van der Waals surface area contributed by atoms with Gasteiger partial charge in [-0.3, -0.25) is 14.4 Å². The summed E-state index contributed by atoms with van der Waals surface area (Å²) in [5, 5.41) is 22.6. The number of urea groups is 1. The minimum absolute atomic E-state index is 0.0499. The van der Waals surface area contributed by atoms with Gasteiger partial charge in [-0.2, -0.15) is 0 Å². The number of fused-ring (bicyclic) bond motifs is 1. The molecule has 1 unspecified atom stereocenters. The zero-order valence-corrected chi connectivity index (χ0v) is 31.3. The van der Waals surface area contributed by atoms with Crippen LogP contribution in [0.5, 0.6) is 0 Å². The molecule has 0 aromatic carbocycles. The normalized spacial score (nSPS) is 29.6. The highest BCUT2D eigenvalue weighted by Gasteiger charge is 2.47. The van der Waals surface area contributed by atoms with Gasteiger partial charge in [0.25, 0.3) is 5.91 Å². The Kier molecular flexibility index (Phi) is 13.8. The highest BCUT2D eigenvalue weighted by atomic mass is 32.2. The molecule has 4 fully saturated rings. The van der Waals surface area contributed by atoms with Gasteiger partial charge in [0.15, 0.2) is 15.9 Å². The highest BCUT2D eigenvalue weighted by molar-refractivity contribution is 7.92. The molecular weight excluding hydrogens is 662 g/mol. The zero-order valence-electron chi connectivity index (χ0n) is 30.5. The van der Waals surface area contributed by atoms with Gasteiger partial charge in [-0.05, 0) is 72.6 Å². The summed E-state index contributed by atoms with van der Waals surface area (Å²) in [4.78, 5) is 56.5. The lowest BCUT2D eigenvalue weighted by atomic mass is 9.83. The second-order valence-corrected chi connectivity index (χ2v) is 18.7. The molecule has 5 amide bonds. The summed E-state index contributed by atoms with van der Waals surface area (Å²) < 4.78 is 31.8. The van der Waals surface area contributed by atoms with E-state index in [0.717, 1.165) is 57.8 Å². The number of hydrogen-bond acceptors (Lipinski definition) is 8. The van der Waals surface area contributed by atoms with E-state index in [9.17, 15) is 32.7 Å². The molecule has 2 saturated carbocycles. The van der Waals surface area contributed by atoms with E-state index in [4.69, 9.17) is 4.74 Å². The molecule has 14 heteroatoms. The predicted molar refractivity (Wildman–Crippen MR) is 191 cm³/mol. The van der Waals surface area contributed by atoms with Gasteiger partial charge in [-0.1, -0.05) is 51.0 Å². The maximum Gasteiger partial charge on any atom is 0.315 e. The number of hydrogen-bond donors (Lipinski definition) is 5. The van der Waals surface area contributed by atoms with Crippen molar-refractivity contribution in [2.75, 3.05) is 18.9 Å². The molecule has 0 bridgehead atoms. The molecule has 0 radical (unpaired) electrons. The van der Waals surface area contributed by atoms with E-state index in [2.05, 4.69) is 27.8 Å². The van der Waals surface area contributed by atoms with E-state index >= 15 is 0 Å². The van der Waals surface area contributed by atoms with E-state index in [0.29, 0.717) is 38.7 Å². The fraction of sp³-hybridized carbons (Fsp3) is 0.833. The molecule has 5 N–H and O–H groups in total. The monoisotopic (exact) mass is 723 g/mol. The van der Waals surface area contributed by atoms with Crippen molar-refractivity contribution in [3.63, 3.8) is 0 Å². The average molecular weight is 724 g/mol. The Morgan fingerprint density at radius 1 is 1.02 bits per heavy atom. The van der Waals surface area contributed by atoms with Crippen molar-refractivity contribution in [3.05, 3.63) is 12.7 Å². The van der Waals surface area contributed by atoms with Crippen molar-refractivity contribution < 1.29 is 37.4 Å². The van der Waals surface area contributed by atoms with Gasteiger partial charge >= 0.3 is 6.03 Å². The quantitative estimate of drug-likeness (QED) is 0.237. The molecular formula is C36H61N5O8S. The molecule has 0 aromatic rings. The van der Waals surface area contributed by atoms with Crippen LogP contribution in [-0.4, -0.2) is 108 Å². The Labute approximate surface area is 298 Å². The zero-order chi connectivity index (χ0) is 36.7. The Morgan fingerprint density at radius 2 is 1.66 bits per heavy atom. The van der Waals surface area contributed by atoms with Crippen LogP contribution in [0, 0.1) is 5.92 Å². The van der Waals surface area contributed by atoms with E-state index in [1.54, 1.807) is 33.8 Å². The number of carbonyl (C=O) groups excluding carboxylic acids is 4. The van der Waals surface area contributed by atoms with Gasteiger partial charge in [0.1, 0.15) is 12.1 Å². The summed E-state index contributed by atoms with van der Waals surface area (Å²) in [5.41, 5.74) is -0.981. The second-order valence-electron chi connectivity index (χ2n) is 15.9. The molecule has 2 aliphatic carbocycles. The van der Waals surface area contributed by atoms with Crippen LogP contribution in [-0.2, 0) is 29.0 Å². The molecule has 0 spiro atoms. The number of nitrogens with one attached hydrogen (secondary N) is 4. The second kappa shape index (κ2) is 17.2. The lowest BCUT2D eigenvalue weighted by molar-refractivity contribution is -0.144. The molecule has 13 nitrogen and oxygen atoms in total. The van der Waals surface area contributed by atoms with Crippen molar-refractivity contribution in [1.82, 2.24) is 26.2 Å². The van der Waals surface area contributed by atoms with E-state index in [-0.39, 0.29) is 18.3 Å². The van der Waals surface area contributed by atoms with Crippen molar-refractivity contribution in [2.45, 2.75) is 164 Å². The van der Waals surface area contributed by atoms with Crippen LogP contribution < -0.4 is 21.3 Å². The average Bonchev–Trinajstić information content (AvgIpc) is 3.76. The standard InChI is InChI=1S/C36H61N5O8S/c1-6-25-18-21-41-29(25)31(43)38-27(30(42)32(44)37-26-16-17-26)15-11-8-7-9-14-22-49-24(2)28(33(41)45)39-34(46)40-36(19-12-10-13-20-36)23-50(47,48)35(3,4)5/h6,24-30,42H,1,7-23H2,2-5H3,(H,37,44)(H,38,43)(H2,39,40,46)/t24-,25-,27-,28-,29-,30?/m0/s1. The minimum Gasteiger partial charge on any atom is -0.381 e. The summed E-state index contributed by atoms with van der Waals surface area (Å²) in [6.45, 7) is 11.2. The Bertz CT molecular complexity index is 1320. The van der Waals surface area contributed by atoms with Gasteiger partial charge in [-0.15, -0.1) is 6.58 Å². The Balaban J connectivity index is 1.58. The van der Waals surface area contributed by atoms with Gasteiger partial charge in [0, 0.05) is 25.1 Å². The summed E-state index contributed by atoms with van der Waals surface area (Å²) in [5.74, 6) is -2.12. The maximum absolute atomic E-state index is 14.4. The van der Waals surface area contributed by atoms with Crippen molar-refractivity contribution >= 4 is 33.6 Å². The number of ether oxygens (including phenoxy) is 1. The molecule has 284 valence electrons. The van der Waals surface area contributed by atoms with Gasteiger partial charge < -0.3 is 36.0 Å². The van der Waals surface area contributed by atoms with Crippen LogP contribution in [0.4, 0.5) is 4.79 Å². The number of carbonyl (C=O) groups is 4. The third kappa shape index (κ3) is 10.4. The third-order valence-electron chi connectivity index (χ3n) is 10.9. The van der Waals surface area contributed by atoms with Gasteiger partial charge in [0.05, 0.1) is 28.2 Å². The number of rotatable bonds is 8. The molecule has 2 aliphatic heterocycles. The first-order valence-corrected chi connectivity index (χ1v) is 20.4. The Morgan fingerprint density at radius 3 is 2.30 bits per heavy atom. The van der Waals surface area contributed by atoms with Crippen LogP contribution in [0.1, 0.15) is 118 Å². The van der Waals surface area contributed by atoms with Gasteiger partial charge in [-0.25, -0.2) is 13.2 Å². The van der Waals surface area contributed by atoms with Crippen molar-refractivity contribution in [2.24, 2.45) is 5.92 Å². The fourth-order valence-electron chi connectivity index (χ4n) is 7.37. The topological polar surface area (TPSA) is 183 Å². The number of aliphatic hydroxyl groups is 1. The maximum atomic E-state index is 14.4. The van der Waals surface area contributed by atoms with E-state index in [1.807, 2.05) is 0 Å². The lowest BCUT2D eigenvalue weighted by Gasteiger charge is -2.40. The number of sulfone groups is 1. The van der Waals surface area contributed by atoms with Crippen LogP contribution in [0.2, 0.25) is 0 Å². The molecule has 0 aromatic heterocycles. The molecule has 6 atom stereocenters. The van der Waals surface area contributed by atoms with E-state index < -0.39 is 80.1 Å². The molecule has 2 heterocycles. The van der Waals surface area contributed by atoms with Crippen LogP contribution in [0.25, 0.3) is 0 Å². The smallest absolute Gasteiger partial charge is 0.315 e. The summed E-state index contributed by atoms with van der Waals surface area (Å²) in [6.07, 6.45) is 9.56. The summed E-state index contributed by atoms with van der Waals surface area (Å²) in [7, 11) is -3.58. The molecule has 4 aliphatic rings. The first kappa shape index (κ1) is 40.1. The number of aliphatic hydroxyl groups excluding tert-OH is 1. The molecule has 50 heavy (non-hydrogen) atoms. The predicted octanol–water partition coefficient (Wildman–Crippen LogP) is 2.86. The highest BCUT2D eigenvalue weighted by Crippen LogP contribution is 2.33. The Hall–Kier alpha value is -2.71. The summed E-state index contributed by atoms with van der Waals surface area (Å²) in [6, 6.07) is -3.60. The molecule has 4 rings (SSSR count). The minimum atomic E-state index is -3.58.